The Morgan fingerprint density at radius 3 is 2.62 bits per heavy atom. The Bertz CT molecular complexity index is 522. The van der Waals surface area contributed by atoms with Gasteiger partial charge in [-0.05, 0) is 56.3 Å². The molecule has 0 aliphatic rings. The predicted octanol–water partition coefficient (Wildman–Crippen LogP) is 4.45. The monoisotopic (exact) mass is 282 g/mol. The SMILES string of the molecule is CCCNC(CCCc1ccccc1)c1ncccc1C. The second-order valence-corrected chi connectivity index (χ2v) is 5.59. The fourth-order valence-electron chi connectivity index (χ4n) is 2.67. The molecule has 1 aromatic carbocycles. The van der Waals surface area contributed by atoms with Crippen LogP contribution in [-0.4, -0.2) is 11.5 Å². The third-order valence-corrected chi connectivity index (χ3v) is 3.82. The third-order valence-electron chi connectivity index (χ3n) is 3.82. The van der Waals surface area contributed by atoms with Crippen LogP contribution in [0, 0.1) is 6.92 Å². The van der Waals surface area contributed by atoms with Gasteiger partial charge in [-0.3, -0.25) is 4.98 Å². The molecule has 2 rings (SSSR count). The van der Waals surface area contributed by atoms with E-state index in [1.807, 2.05) is 12.3 Å². The lowest BCUT2D eigenvalue weighted by molar-refractivity contribution is 0.472. The topological polar surface area (TPSA) is 24.9 Å². The molecule has 1 unspecified atom stereocenters. The first kappa shape index (κ1) is 15.7. The van der Waals surface area contributed by atoms with E-state index in [1.54, 1.807) is 0 Å². The lowest BCUT2D eigenvalue weighted by Crippen LogP contribution is -2.24. The van der Waals surface area contributed by atoms with Crippen LogP contribution >= 0.6 is 0 Å². The normalized spacial score (nSPS) is 12.3. The zero-order valence-corrected chi connectivity index (χ0v) is 13.2. The summed E-state index contributed by atoms with van der Waals surface area (Å²) in [6.45, 7) is 5.41. The Balaban J connectivity index is 1.95. The summed E-state index contributed by atoms with van der Waals surface area (Å²) in [5.74, 6) is 0. The summed E-state index contributed by atoms with van der Waals surface area (Å²) >= 11 is 0. The minimum absolute atomic E-state index is 0.370. The maximum absolute atomic E-state index is 4.59. The number of aromatic nitrogens is 1. The van der Waals surface area contributed by atoms with Crippen molar-refractivity contribution in [1.82, 2.24) is 10.3 Å². The number of pyridine rings is 1. The van der Waals surface area contributed by atoms with Crippen LogP contribution in [0.3, 0.4) is 0 Å². The van der Waals surface area contributed by atoms with Crippen LogP contribution in [0.2, 0.25) is 0 Å². The largest absolute Gasteiger partial charge is 0.309 e. The van der Waals surface area contributed by atoms with E-state index in [2.05, 4.69) is 60.5 Å². The Morgan fingerprint density at radius 2 is 1.90 bits per heavy atom. The average Bonchev–Trinajstić information content (AvgIpc) is 2.52. The first-order valence-corrected chi connectivity index (χ1v) is 8.00. The third kappa shape index (κ3) is 4.98. The first-order chi connectivity index (χ1) is 10.3. The second-order valence-electron chi connectivity index (χ2n) is 5.59. The van der Waals surface area contributed by atoms with Crippen LogP contribution < -0.4 is 5.32 Å². The molecule has 112 valence electrons. The molecule has 0 spiro atoms. The maximum Gasteiger partial charge on any atom is 0.0602 e. The molecular formula is C19H26N2. The van der Waals surface area contributed by atoms with Crippen LogP contribution in [0.15, 0.2) is 48.7 Å². The fraction of sp³-hybridized carbons (Fsp3) is 0.421. The Hall–Kier alpha value is -1.67. The van der Waals surface area contributed by atoms with Gasteiger partial charge in [-0.25, -0.2) is 0 Å². The van der Waals surface area contributed by atoms with Gasteiger partial charge in [0.15, 0.2) is 0 Å². The lowest BCUT2D eigenvalue weighted by atomic mass is 10.00. The maximum atomic E-state index is 4.59. The number of nitrogens with zero attached hydrogens (tertiary/aromatic N) is 1. The highest BCUT2D eigenvalue weighted by Crippen LogP contribution is 2.21. The van der Waals surface area contributed by atoms with Crippen molar-refractivity contribution in [2.75, 3.05) is 6.54 Å². The zero-order valence-electron chi connectivity index (χ0n) is 13.2. The summed E-state index contributed by atoms with van der Waals surface area (Å²) in [6, 6.07) is 15.3. The van der Waals surface area contributed by atoms with Gasteiger partial charge in [-0.1, -0.05) is 43.3 Å². The molecule has 1 heterocycles. The van der Waals surface area contributed by atoms with Gasteiger partial charge in [0.25, 0.3) is 0 Å². The van der Waals surface area contributed by atoms with E-state index in [0.717, 1.165) is 25.8 Å². The number of benzene rings is 1. The highest BCUT2D eigenvalue weighted by Gasteiger charge is 2.13. The predicted molar refractivity (Wildman–Crippen MR) is 89.4 cm³/mol. The number of hydrogen-bond acceptors (Lipinski definition) is 2. The van der Waals surface area contributed by atoms with Gasteiger partial charge in [0.2, 0.25) is 0 Å². The van der Waals surface area contributed by atoms with Gasteiger partial charge in [0.05, 0.1) is 5.69 Å². The molecule has 0 fully saturated rings. The molecule has 0 saturated carbocycles. The summed E-state index contributed by atoms with van der Waals surface area (Å²) in [4.78, 5) is 4.59. The lowest BCUT2D eigenvalue weighted by Gasteiger charge is -2.19. The van der Waals surface area contributed by atoms with Gasteiger partial charge in [0.1, 0.15) is 0 Å². The molecule has 2 aromatic rings. The molecule has 1 aromatic heterocycles. The molecular weight excluding hydrogens is 256 g/mol. The van der Waals surface area contributed by atoms with Crippen molar-refractivity contribution in [3.63, 3.8) is 0 Å². The molecule has 0 radical (unpaired) electrons. The van der Waals surface area contributed by atoms with Crippen molar-refractivity contribution in [1.29, 1.82) is 0 Å². The van der Waals surface area contributed by atoms with E-state index in [-0.39, 0.29) is 0 Å². The second kappa shape index (κ2) is 8.58. The smallest absolute Gasteiger partial charge is 0.0602 e. The molecule has 2 heteroatoms. The number of hydrogen-bond donors (Lipinski definition) is 1. The molecule has 1 atom stereocenters. The Labute approximate surface area is 128 Å². The minimum atomic E-state index is 0.370. The molecule has 21 heavy (non-hydrogen) atoms. The summed E-state index contributed by atoms with van der Waals surface area (Å²) < 4.78 is 0. The van der Waals surface area contributed by atoms with E-state index < -0.39 is 0 Å². The van der Waals surface area contributed by atoms with E-state index in [4.69, 9.17) is 0 Å². The quantitative estimate of drug-likeness (QED) is 0.773. The van der Waals surface area contributed by atoms with Gasteiger partial charge in [-0.15, -0.1) is 0 Å². The highest BCUT2D eigenvalue weighted by molar-refractivity contribution is 5.21. The van der Waals surface area contributed by atoms with E-state index in [0.29, 0.717) is 6.04 Å². The Kier molecular flexibility index (Phi) is 6.42. The van der Waals surface area contributed by atoms with Crippen LogP contribution in [0.1, 0.15) is 49.0 Å². The summed E-state index contributed by atoms with van der Waals surface area (Å²) in [5, 5.41) is 3.65. The number of nitrogens with one attached hydrogen (secondary N) is 1. The molecule has 0 amide bonds. The molecule has 0 bridgehead atoms. The van der Waals surface area contributed by atoms with Crippen molar-refractivity contribution in [2.24, 2.45) is 0 Å². The van der Waals surface area contributed by atoms with Crippen LogP contribution in [0.5, 0.6) is 0 Å². The number of rotatable bonds is 8. The van der Waals surface area contributed by atoms with Crippen molar-refractivity contribution >= 4 is 0 Å². The summed E-state index contributed by atoms with van der Waals surface area (Å²) in [7, 11) is 0. The van der Waals surface area contributed by atoms with Crippen LogP contribution in [0.25, 0.3) is 0 Å². The highest BCUT2D eigenvalue weighted by atomic mass is 14.9. The van der Waals surface area contributed by atoms with Crippen molar-refractivity contribution < 1.29 is 0 Å². The molecule has 1 N–H and O–H groups in total. The van der Waals surface area contributed by atoms with Crippen LogP contribution in [-0.2, 0) is 6.42 Å². The van der Waals surface area contributed by atoms with E-state index in [1.165, 1.54) is 23.2 Å². The molecule has 2 nitrogen and oxygen atoms in total. The van der Waals surface area contributed by atoms with Crippen LogP contribution in [0.4, 0.5) is 0 Å². The Morgan fingerprint density at radius 1 is 1.10 bits per heavy atom. The first-order valence-electron chi connectivity index (χ1n) is 8.00. The van der Waals surface area contributed by atoms with Gasteiger partial charge in [-0.2, -0.15) is 0 Å². The standard InChI is InChI=1S/C19H26N2/c1-3-14-20-18(19-16(2)9-8-15-21-19)13-7-12-17-10-5-4-6-11-17/h4-6,8-11,15,18,20H,3,7,12-14H2,1-2H3. The average molecular weight is 282 g/mol. The summed E-state index contributed by atoms with van der Waals surface area (Å²) in [5.41, 5.74) is 3.91. The van der Waals surface area contributed by atoms with E-state index in [9.17, 15) is 0 Å². The summed E-state index contributed by atoms with van der Waals surface area (Å²) in [6.07, 6.45) is 6.51. The number of aryl methyl sites for hydroxylation is 2. The molecule has 0 aliphatic heterocycles. The van der Waals surface area contributed by atoms with Gasteiger partial charge < -0.3 is 5.32 Å². The zero-order chi connectivity index (χ0) is 14.9. The molecule has 0 aliphatic carbocycles. The van der Waals surface area contributed by atoms with Crippen molar-refractivity contribution in [3.8, 4) is 0 Å². The van der Waals surface area contributed by atoms with Gasteiger partial charge in [0, 0.05) is 12.2 Å². The van der Waals surface area contributed by atoms with Crippen molar-refractivity contribution in [3.05, 3.63) is 65.5 Å². The minimum Gasteiger partial charge on any atom is -0.309 e. The molecule has 0 saturated heterocycles. The van der Waals surface area contributed by atoms with Crippen molar-refractivity contribution in [2.45, 2.75) is 45.6 Å². The van der Waals surface area contributed by atoms with Gasteiger partial charge >= 0.3 is 0 Å². The van der Waals surface area contributed by atoms with E-state index >= 15 is 0 Å². The fourth-order valence-corrected chi connectivity index (χ4v) is 2.67.